The van der Waals surface area contributed by atoms with Crippen molar-refractivity contribution in [1.82, 2.24) is 5.32 Å². The van der Waals surface area contributed by atoms with Gasteiger partial charge in [-0.1, -0.05) is 0 Å². The first-order chi connectivity index (χ1) is 9.93. The van der Waals surface area contributed by atoms with Crippen LogP contribution >= 0.6 is 0 Å². The van der Waals surface area contributed by atoms with E-state index in [4.69, 9.17) is 19.9 Å². The van der Waals surface area contributed by atoms with Gasteiger partial charge in [-0.15, -0.1) is 0 Å². The number of aliphatic hydroxyl groups is 3. The molecule has 0 aromatic heterocycles. The quantitative estimate of drug-likeness (QED) is 0.387. The molecule has 8 heteroatoms. The van der Waals surface area contributed by atoms with Crippen molar-refractivity contribution in [2.75, 3.05) is 7.05 Å². The molecule has 2 heterocycles. The number of hydrogen-bond donors (Lipinski definition) is 5. The number of nitrogens with two attached hydrogens (primary N) is 1. The summed E-state index contributed by atoms with van der Waals surface area (Å²) in [5.41, 5.74) is 5.74. The molecule has 1 aliphatic carbocycles. The predicted octanol–water partition coefficient (Wildman–Crippen LogP) is -2.51. The molecular formula is C13H24N2O6. The van der Waals surface area contributed by atoms with E-state index in [0.717, 1.165) is 6.42 Å². The summed E-state index contributed by atoms with van der Waals surface area (Å²) in [6, 6.07) is -1.08. The summed E-state index contributed by atoms with van der Waals surface area (Å²) in [5.74, 6) is 0.137. The molecule has 1 saturated carbocycles. The Hall–Kier alpha value is -0.320. The third-order valence-electron chi connectivity index (χ3n) is 4.70. The largest absolute Gasteiger partial charge is 0.391 e. The lowest BCUT2D eigenvalue weighted by Gasteiger charge is -2.43. The molecule has 8 nitrogen and oxygen atoms in total. The lowest BCUT2D eigenvalue weighted by Crippen LogP contribution is -2.63. The molecule has 0 amide bonds. The summed E-state index contributed by atoms with van der Waals surface area (Å²) < 4.78 is 16.9. The van der Waals surface area contributed by atoms with Crippen LogP contribution in [0.25, 0.3) is 0 Å². The molecule has 0 aromatic rings. The van der Waals surface area contributed by atoms with Crippen LogP contribution in [0.5, 0.6) is 0 Å². The van der Waals surface area contributed by atoms with Gasteiger partial charge in [0.05, 0.1) is 30.4 Å². The highest BCUT2D eigenvalue weighted by Gasteiger charge is 2.55. The summed E-state index contributed by atoms with van der Waals surface area (Å²) in [7, 11) is 1.71. The van der Waals surface area contributed by atoms with Crippen molar-refractivity contribution < 1.29 is 29.5 Å². The highest BCUT2D eigenvalue weighted by atomic mass is 16.8. The molecule has 0 aromatic carbocycles. The van der Waals surface area contributed by atoms with Gasteiger partial charge in [0.1, 0.15) is 12.2 Å². The van der Waals surface area contributed by atoms with E-state index in [-0.39, 0.29) is 12.0 Å². The van der Waals surface area contributed by atoms with E-state index in [1.807, 2.05) is 0 Å². The SMILES string of the molecule is CNC1C(OC2OC(C)C(N)C(O)C2O)O[C@H]2C[C@@H]2C1O. The fraction of sp³-hybridized carbons (Fsp3) is 1.00. The smallest absolute Gasteiger partial charge is 0.189 e. The van der Waals surface area contributed by atoms with Gasteiger partial charge in [-0.25, -0.2) is 0 Å². The number of nitrogens with one attached hydrogen (secondary N) is 1. The maximum Gasteiger partial charge on any atom is 0.189 e. The number of fused-ring (bicyclic) bond motifs is 1. The number of likely N-dealkylation sites (N-methyl/N-ethyl adjacent to an activating group) is 1. The van der Waals surface area contributed by atoms with Gasteiger partial charge in [0, 0.05) is 5.92 Å². The second kappa shape index (κ2) is 5.71. The fourth-order valence-corrected chi connectivity index (χ4v) is 3.11. The van der Waals surface area contributed by atoms with Crippen molar-refractivity contribution in [2.24, 2.45) is 11.7 Å². The van der Waals surface area contributed by atoms with Gasteiger partial charge in [-0.3, -0.25) is 0 Å². The van der Waals surface area contributed by atoms with Crippen LogP contribution in [0, 0.1) is 5.92 Å². The molecule has 6 N–H and O–H groups in total. The first kappa shape index (κ1) is 15.6. The number of ether oxygens (including phenoxy) is 3. The van der Waals surface area contributed by atoms with E-state index in [1.54, 1.807) is 14.0 Å². The van der Waals surface area contributed by atoms with Crippen LogP contribution in [0.2, 0.25) is 0 Å². The second-order valence-electron chi connectivity index (χ2n) is 6.15. The Balaban J connectivity index is 1.67. The van der Waals surface area contributed by atoms with Gasteiger partial charge in [0.2, 0.25) is 0 Å². The van der Waals surface area contributed by atoms with Crippen LogP contribution in [0.4, 0.5) is 0 Å². The minimum atomic E-state index is -1.26. The molecule has 21 heavy (non-hydrogen) atoms. The average molecular weight is 304 g/mol. The molecule has 0 spiro atoms. The van der Waals surface area contributed by atoms with Gasteiger partial charge in [-0.05, 0) is 20.4 Å². The van der Waals surface area contributed by atoms with E-state index in [9.17, 15) is 15.3 Å². The molecule has 3 fully saturated rings. The summed E-state index contributed by atoms with van der Waals surface area (Å²) >= 11 is 0. The minimum Gasteiger partial charge on any atom is -0.391 e. The highest BCUT2D eigenvalue weighted by Crippen LogP contribution is 2.44. The van der Waals surface area contributed by atoms with Gasteiger partial charge in [0.15, 0.2) is 12.6 Å². The Morgan fingerprint density at radius 3 is 2.48 bits per heavy atom. The van der Waals surface area contributed by atoms with E-state index >= 15 is 0 Å². The average Bonchev–Trinajstić information content (AvgIpc) is 3.22. The number of rotatable bonds is 3. The molecule has 2 saturated heterocycles. The second-order valence-corrected chi connectivity index (χ2v) is 6.15. The van der Waals surface area contributed by atoms with E-state index in [0.29, 0.717) is 0 Å². The first-order valence-electron chi connectivity index (χ1n) is 7.37. The normalized spacial score (nSPS) is 56.9. The summed E-state index contributed by atoms with van der Waals surface area (Å²) in [4.78, 5) is 0. The number of aliphatic hydroxyl groups excluding tert-OH is 3. The summed E-state index contributed by atoms with van der Waals surface area (Å²) in [6.45, 7) is 1.71. The monoisotopic (exact) mass is 304 g/mol. The molecule has 2 aliphatic heterocycles. The molecule has 3 aliphatic rings. The van der Waals surface area contributed by atoms with E-state index in [1.165, 1.54) is 0 Å². The highest BCUT2D eigenvalue weighted by molar-refractivity contribution is 5.03. The zero-order valence-electron chi connectivity index (χ0n) is 12.1. The zero-order chi connectivity index (χ0) is 15.3. The van der Waals surface area contributed by atoms with Crippen molar-refractivity contribution in [3.05, 3.63) is 0 Å². The molecule has 0 bridgehead atoms. The van der Waals surface area contributed by atoms with Crippen molar-refractivity contribution in [1.29, 1.82) is 0 Å². The Morgan fingerprint density at radius 1 is 1.10 bits per heavy atom. The van der Waals surface area contributed by atoms with Crippen molar-refractivity contribution >= 4 is 0 Å². The first-order valence-corrected chi connectivity index (χ1v) is 7.37. The topological polar surface area (TPSA) is 126 Å². The van der Waals surface area contributed by atoms with Crippen molar-refractivity contribution in [3.8, 4) is 0 Å². The van der Waals surface area contributed by atoms with E-state index in [2.05, 4.69) is 5.32 Å². The van der Waals surface area contributed by atoms with Gasteiger partial charge in [0.25, 0.3) is 0 Å². The molecule has 0 radical (unpaired) electrons. The lowest BCUT2D eigenvalue weighted by molar-refractivity contribution is -0.332. The molecule has 3 rings (SSSR count). The molecule has 10 atom stereocenters. The van der Waals surface area contributed by atoms with Crippen LogP contribution in [0.3, 0.4) is 0 Å². The summed E-state index contributed by atoms with van der Waals surface area (Å²) in [5, 5.41) is 33.1. The van der Waals surface area contributed by atoms with Crippen LogP contribution in [-0.4, -0.2) is 77.6 Å². The fourth-order valence-electron chi connectivity index (χ4n) is 3.11. The van der Waals surface area contributed by atoms with Gasteiger partial charge >= 0.3 is 0 Å². The third kappa shape index (κ3) is 2.71. The molecular weight excluding hydrogens is 280 g/mol. The lowest BCUT2D eigenvalue weighted by atomic mass is 9.98. The van der Waals surface area contributed by atoms with Crippen molar-refractivity contribution in [2.45, 2.75) is 68.5 Å². The Kier molecular flexibility index (Phi) is 4.23. The zero-order valence-corrected chi connectivity index (χ0v) is 12.1. The third-order valence-corrected chi connectivity index (χ3v) is 4.70. The maximum absolute atomic E-state index is 10.2. The predicted molar refractivity (Wildman–Crippen MR) is 71.0 cm³/mol. The standard InChI is InChI=1S/C13H24N2O6/c1-4-7(14)10(17)11(18)13(19-4)21-12-8(15-2)9(16)5-3-6(5)20-12/h4-13,15-18H,3,14H2,1-2H3/t4?,5-,6-,7?,8?,9?,10?,11?,12?,13?/m0/s1. The Morgan fingerprint density at radius 2 is 1.81 bits per heavy atom. The Labute approximate surface area is 123 Å². The molecule has 122 valence electrons. The number of hydrogen-bond acceptors (Lipinski definition) is 8. The Bertz CT molecular complexity index is 386. The van der Waals surface area contributed by atoms with Gasteiger partial charge in [-0.2, -0.15) is 0 Å². The van der Waals surface area contributed by atoms with E-state index < -0.39 is 49.1 Å². The van der Waals surface area contributed by atoms with Crippen molar-refractivity contribution in [3.63, 3.8) is 0 Å². The molecule has 8 unspecified atom stereocenters. The minimum absolute atomic E-state index is 0.0139. The van der Waals surface area contributed by atoms with Crippen LogP contribution < -0.4 is 11.1 Å². The van der Waals surface area contributed by atoms with Crippen LogP contribution in [-0.2, 0) is 14.2 Å². The van der Waals surface area contributed by atoms with Crippen LogP contribution in [0.1, 0.15) is 13.3 Å². The summed E-state index contributed by atoms with van der Waals surface area (Å²) in [6.07, 6.45) is -4.41. The maximum atomic E-state index is 10.2. The van der Waals surface area contributed by atoms with Crippen LogP contribution in [0.15, 0.2) is 0 Å². The van der Waals surface area contributed by atoms with Gasteiger partial charge < -0.3 is 40.6 Å².